The van der Waals surface area contributed by atoms with Gasteiger partial charge in [-0.3, -0.25) is 14.7 Å². The van der Waals surface area contributed by atoms with Gasteiger partial charge in [0, 0.05) is 18.9 Å². The van der Waals surface area contributed by atoms with Crippen LogP contribution in [0.4, 0.5) is 5.13 Å². The molecule has 0 bridgehead atoms. The molecule has 1 unspecified atom stereocenters. The highest BCUT2D eigenvalue weighted by Gasteiger charge is 2.42. The molecular formula is C23H20Cl2N4O4S3. The summed E-state index contributed by atoms with van der Waals surface area (Å²) in [5, 5.41) is 0.895. The van der Waals surface area contributed by atoms with E-state index in [4.69, 9.17) is 32.9 Å². The number of rotatable bonds is 7. The van der Waals surface area contributed by atoms with Crippen LogP contribution in [-0.2, 0) is 21.4 Å². The standard InChI is InChI=1S/C23H20Cl2N4O4S3/c1-33-17-5-4-15(24)21-20(17)27-23(35-21)28(13-14-8-10-26-11-9-14)22(30)16-3-2-12-29(16)36(31,32)19-7-6-18(25)34-19/h4-11,16H,2-3,12-13H2,1H3. The minimum Gasteiger partial charge on any atom is -0.494 e. The Bertz CT molecular complexity index is 1520. The summed E-state index contributed by atoms with van der Waals surface area (Å²) in [6.45, 7) is 0.438. The summed E-state index contributed by atoms with van der Waals surface area (Å²) in [6, 6.07) is 9.19. The average molecular weight is 584 g/mol. The van der Waals surface area contributed by atoms with Crippen LogP contribution >= 0.6 is 45.9 Å². The van der Waals surface area contributed by atoms with Crippen molar-refractivity contribution < 1.29 is 17.9 Å². The molecule has 1 aliphatic rings. The van der Waals surface area contributed by atoms with Crippen LogP contribution in [0.5, 0.6) is 5.75 Å². The van der Waals surface area contributed by atoms with E-state index in [-0.39, 0.29) is 23.2 Å². The Balaban J connectivity index is 1.56. The van der Waals surface area contributed by atoms with Crippen LogP contribution in [0.2, 0.25) is 9.36 Å². The summed E-state index contributed by atoms with van der Waals surface area (Å²) >= 11 is 14.7. The molecule has 4 heterocycles. The fraction of sp³-hybridized carbons (Fsp3) is 0.261. The summed E-state index contributed by atoms with van der Waals surface area (Å²) in [5.41, 5.74) is 1.37. The van der Waals surface area contributed by atoms with Gasteiger partial charge in [0.1, 0.15) is 21.5 Å². The van der Waals surface area contributed by atoms with E-state index in [1.807, 2.05) is 0 Å². The van der Waals surface area contributed by atoms with Crippen LogP contribution in [0, 0.1) is 0 Å². The second-order valence-corrected chi connectivity index (χ2v) is 13.3. The number of pyridine rings is 1. The third-order valence-electron chi connectivity index (χ3n) is 5.85. The van der Waals surface area contributed by atoms with Crippen LogP contribution < -0.4 is 9.64 Å². The maximum absolute atomic E-state index is 14.0. The van der Waals surface area contributed by atoms with Gasteiger partial charge in [-0.1, -0.05) is 34.5 Å². The van der Waals surface area contributed by atoms with Crippen LogP contribution in [-0.4, -0.2) is 48.3 Å². The fourth-order valence-electron chi connectivity index (χ4n) is 4.14. The Labute approximate surface area is 226 Å². The minimum atomic E-state index is -3.89. The first-order valence-electron chi connectivity index (χ1n) is 10.9. The van der Waals surface area contributed by atoms with E-state index < -0.39 is 16.1 Å². The Kier molecular flexibility index (Phi) is 7.21. The summed E-state index contributed by atoms with van der Waals surface area (Å²) in [7, 11) is -2.35. The smallest absolute Gasteiger partial charge is 0.253 e. The molecular weight excluding hydrogens is 563 g/mol. The third-order valence-corrected chi connectivity index (χ3v) is 11.0. The number of thiazole rings is 1. The molecule has 3 aromatic heterocycles. The van der Waals surface area contributed by atoms with E-state index in [9.17, 15) is 13.2 Å². The van der Waals surface area contributed by atoms with Crippen molar-refractivity contribution in [1.82, 2.24) is 14.3 Å². The predicted molar refractivity (Wildman–Crippen MR) is 143 cm³/mol. The molecule has 1 aromatic carbocycles. The van der Waals surface area contributed by atoms with Crippen molar-refractivity contribution >= 4 is 77.2 Å². The van der Waals surface area contributed by atoms with Gasteiger partial charge < -0.3 is 4.74 Å². The van der Waals surface area contributed by atoms with Gasteiger partial charge in [0.15, 0.2) is 5.13 Å². The minimum absolute atomic E-state index is 0.115. The highest BCUT2D eigenvalue weighted by atomic mass is 35.5. The van der Waals surface area contributed by atoms with Crippen molar-refractivity contribution in [2.75, 3.05) is 18.6 Å². The molecule has 1 atom stereocenters. The molecule has 13 heteroatoms. The number of carbonyl (C=O) groups excluding carboxylic acids is 1. The van der Waals surface area contributed by atoms with Gasteiger partial charge >= 0.3 is 0 Å². The highest BCUT2D eigenvalue weighted by Crippen LogP contribution is 2.40. The number of thiophene rings is 1. The highest BCUT2D eigenvalue weighted by molar-refractivity contribution is 7.91. The second kappa shape index (κ2) is 10.2. The quantitative estimate of drug-likeness (QED) is 0.287. The van der Waals surface area contributed by atoms with Crippen LogP contribution in [0.1, 0.15) is 18.4 Å². The molecule has 1 amide bonds. The second-order valence-electron chi connectivity index (χ2n) is 8.04. The van der Waals surface area contributed by atoms with Crippen molar-refractivity contribution in [2.24, 2.45) is 0 Å². The zero-order valence-corrected chi connectivity index (χ0v) is 22.9. The topological polar surface area (TPSA) is 92.7 Å². The number of amides is 1. The van der Waals surface area contributed by atoms with Crippen molar-refractivity contribution in [2.45, 2.75) is 29.6 Å². The molecule has 188 valence electrons. The van der Waals surface area contributed by atoms with E-state index in [1.165, 1.54) is 26.6 Å². The number of anilines is 1. The molecule has 1 fully saturated rings. The molecule has 5 rings (SSSR count). The lowest BCUT2D eigenvalue weighted by molar-refractivity contribution is -0.121. The van der Waals surface area contributed by atoms with Gasteiger partial charge in [0.2, 0.25) is 5.91 Å². The van der Waals surface area contributed by atoms with Gasteiger partial charge in [0.05, 0.1) is 27.7 Å². The number of nitrogens with zero attached hydrogens (tertiary/aromatic N) is 4. The number of aromatic nitrogens is 2. The van der Waals surface area contributed by atoms with Crippen LogP contribution in [0.15, 0.2) is 53.0 Å². The molecule has 1 aliphatic heterocycles. The number of hydrogen-bond acceptors (Lipinski definition) is 8. The number of carbonyl (C=O) groups is 1. The lowest BCUT2D eigenvalue weighted by Gasteiger charge is -2.28. The van der Waals surface area contributed by atoms with Gasteiger partial charge in [0.25, 0.3) is 10.0 Å². The van der Waals surface area contributed by atoms with Crippen LogP contribution in [0.3, 0.4) is 0 Å². The van der Waals surface area contributed by atoms with Crippen molar-refractivity contribution in [3.05, 3.63) is 63.7 Å². The normalized spacial score (nSPS) is 16.5. The van der Waals surface area contributed by atoms with Gasteiger partial charge in [-0.25, -0.2) is 13.4 Å². The Hall–Kier alpha value is -2.28. The van der Waals surface area contributed by atoms with Gasteiger partial charge in [-0.15, -0.1) is 11.3 Å². The molecule has 0 N–H and O–H groups in total. The molecule has 0 radical (unpaired) electrons. The Morgan fingerprint density at radius 1 is 1.17 bits per heavy atom. The SMILES string of the molecule is COc1ccc(Cl)c2sc(N(Cc3ccncc3)C(=O)C3CCCN3S(=O)(=O)c3ccc(Cl)s3)nc12. The van der Waals surface area contributed by atoms with E-state index >= 15 is 0 Å². The number of ether oxygens (including phenoxy) is 1. The molecule has 8 nitrogen and oxygen atoms in total. The van der Waals surface area contributed by atoms with E-state index in [2.05, 4.69) is 4.98 Å². The third kappa shape index (κ3) is 4.71. The number of halogens is 2. The molecule has 1 saturated heterocycles. The van der Waals surface area contributed by atoms with Crippen molar-refractivity contribution in [3.63, 3.8) is 0 Å². The average Bonchev–Trinajstić information content (AvgIpc) is 3.63. The number of methoxy groups -OCH3 is 1. The molecule has 0 aliphatic carbocycles. The Morgan fingerprint density at radius 2 is 1.94 bits per heavy atom. The number of sulfonamides is 1. The maximum Gasteiger partial charge on any atom is 0.253 e. The summed E-state index contributed by atoms with van der Waals surface area (Å²) in [4.78, 5) is 24.3. The predicted octanol–water partition coefficient (Wildman–Crippen LogP) is 5.45. The zero-order valence-electron chi connectivity index (χ0n) is 18.9. The maximum atomic E-state index is 14.0. The first-order chi connectivity index (χ1) is 17.3. The molecule has 36 heavy (non-hydrogen) atoms. The van der Waals surface area contributed by atoms with Crippen molar-refractivity contribution in [3.8, 4) is 5.75 Å². The molecule has 0 spiro atoms. The lowest BCUT2D eigenvalue weighted by atomic mass is 10.2. The summed E-state index contributed by atoms with van der Waals surface area (Å²) in [6.07, 6.45) is 4.25. The largest absolute Gasteiger partial charge is 0.494 e. The molecule has 0 saturated carbocycles. The van der Waals surface area contributed by atoms with E-state index in [0.29, 0.717) is 43.3 Å². The van der Waals surface area contributed by atoms with Crippen molar-refractivity contribution in [1.29, 1.82) is 0 Å². The number of fused-ring (bicyclic) bond motifs is 1. The summed E-state index contributed by atoms with van der Waals surface area (Å²) in [5.74, 6) is 0.178. The van der Waals surface area contributed by atoms with Gasteiger partial charge in [-0.05, 0) is 54.8 Å². The first-order valence-corrected chi connectivity index (χ1v) is 14.7. The van der Waals surface area contributed by atoms with E-state index in [0.717, 1.165) is 16.9 Å². The molecule has 4 aromatic rings. The monoisotopic (exact) mass is 582 g/mol. The fourth-order valence-corrected chi connectivity index (χ4v) is 8.66. The lowest BCUT2D eigenvalue weighted by Crippen LogP contribution is -2.47. The zero-order chi connectivity index (χ0) is 25.4. The van der Waals surface area contributed by atoms with E-state index in [1.54, 1.807) is 49.8 Å². The van der Waals surface area contributed by atoms with Gasteiger partial charge in [-0.2, -0.15) is 4.31 Å². The first kappa shape index (κ1) is 25.4. The Morgan fingerprint density at radius 3 is 2.64 bits per heavy atom. The number of hydrogen-bond donors (Lipinski definition) is 0. The van der Waals surface area contributed by atoms with Crippen LogP contribution in [0.25, 0.3) is 10.2 Å². The number of benzene rings is 1. The summed E-state index contributed by atoms with van der Waals surface area (Å²) < 4.78 is 34.7.